The molecule has 0 aliphatic rings. The van der Waals surface area contributed by atoms with E-state index < -0.39 is 11.7 Å². The van der Waals surface area contributed by atoms with Gasteiger partial charge in [-0.25, -0.2) is 0 Å². The number of alkyl halides is 3. The van der Waals surface area contributed by atoms with E-state index in [9.17, 15) is 22.8 Å². The number of carbonyl (C=O) groups excluding carboxylic acids is 2. The Morgan fingerprint density at radius 2 is 1.76 bits per heavy atom. The maximum absolute atomic E-state index is 12.5. The van der Waals surface area contributed by atoms with Crippen molar-refractivity contribution in [3.05, 3.63) is 57.8 Å². The first-order chi connectivity index (χ1) is 11.9. The van der Waals surface area contributed by atoms with Gasteiger partial charge in [-0.05, 0) is 35.6 Å². The Labute approximate surface area is 147 Å². The van der Waals surface area contributed by atoms with Crippen LogP contribution in [0.1, 0.15) is 33.6 Å². The van der Waals surface area contributed by atoms with E-state index >= 15 is 0 Å². The largest absolute Gasteiger partial charge is 0.416 e. The van der Waals surface area contributed by atoms with Crippen LogP contribution < -0.4 is 10.6 Å². The second-order valence-corrected chi connectivity index (χ2v) is 6.26. The van der Waals surface area contributed by atoms with Crippen LogP contribution in [-0.4, -0.2) is 18.4 Å². The van der Waals surface area contributed by atoms with Crippen LogP contribution >= 0.6 is 11.3 Å². The number of hydrogen-bond acceptors (Lipinski definition) is 3. The molecule has 0 saturated heterocycles. The summed E-state index contributed by atoms with van der Waals surface area (Å²) in [5.74, 6) is -0.384. The van der Waals surface area contributed by atoms with Gasteiger partial charge in [0.25, 0.3) is 5.91 Å². The fourth-order valence-electron chi connectivity index (χ4n) is 2.05. The Kier molecular flexibility index (Phi) is 6.58. The molecule has 0 bridgehead atoms. The molecule has 4 nitrogen and oxygen atoms in total. The minimum atomic E-state index is -4.37. The molecule has 0 saturated carbocycles. The van der Waals surface area contributed by atoms with Crippen LogP contribution in [0.3, 0.4) is 0 Å². The first-order valence-corrected chi connectivity index (χ1v) is 8.49. The zero-order chi connectivity index (χ0) is 18.3. The monoisotopic (exact) mass is 370 g/mol. The Bertz CT molecular complexity index is 698. The van der Waals surface area contributed by atoms with E-state index in [1.807, 2.05) is 5.38 Å². The van der Waals surface area contributed by atoms with Crippen LogP contribution in [0.2, 0.25) is 0 Å². The normalized spacial score (nSPS) is 11.2. The third kappa shape index (κ3) is 6.22. The Hall–Kier alpha value is -2.35. The lowest BCUT2D eigenvalue weighted by atomic mass is 10.1. The highest BCUT2D eigenvalue weighted by Gasteiger charge is 2.29. The molecule has 0 unspecified atom stereocenters. The molecule has 2 aromatic rings. The van der Waals surface area contributed by atoms with Gasteiger partial charge >= 0.3 is 6.18 Å². The zero-order valence-electron chi connectivity index (χ0n) is 13.2. The molecule has 0 radical (unpaired) electrons. The van der Waals surface area contributed by atoms with E-state index in [-0.39, 0.29) is 24.8 Å². The molecule has 0 spiro atoms. The minimum absolute atomic E-state index is 0.165. The molecule has 134 valence electrons. The van der Waals surface area contributed by atoms with Crippen LogP contribution in [0.5, 0.6) is 0 Å². The van der Waals surface area contributed by atoms with Crippen LogP contribution in [0.25, 0.3) is 0 Å². The summed E-state index contributed by atoms with van der Waals surface area (Å²) >= 11 is 1.34. The summed E-state index contributed by atoms with van der Waals surface area (Å²) in [6, 6.07) is 8.16. The average Bonchev–Trinajstić information content (AvgIpc) is 3.11. The van der Waals surface area contributed by atoms with E-state index in [1.165, 1.54) is 23.5 Å². The SMILES string of the molecule is O=C(CCCNC(=O)c1cccs1)NCc1ccc(C(F)(F)F)cc1. The lowest BCUT2D eigenvalue weighted by Crippen LogP contribution is -2.26. The summed E-state index contributed by atoms with van der Waals surface area (Å²) in [4.78, 5) is 24.0. The predicted octanol–water partition coefficient (Wildman–Crippen LogP) is 3.59. The van der Waals surface area contributed by atoms with Gasteiger partial charge in [-0.1, -0.05) is 18.2 Å². The van der Waals surface area contributed by atoms with Gasteiger partial charge < -0.3 is 10.6 Å². The molecule has 1 aromatic carbocycles. The fourth-order valence-corrected chi connectivity index (χ4v) is 2.69. The van der Waals surface area contributed by atoms with Crippen molar-refractivity contribution in [1.82, 2.24) is 10.6 Å². The van der Waals surface area contributed by atoms with Crippen LogP contribution in [0.4, 0.5) is 13.2 Å². The van der Waals surface area contributed by atoms with Crippen LogP contribution in [0.15, 0.2) is 41.8 Å². The van der Waals surface area contributed by atoms with Crippen molar-refractivity contribution in [2.75, 3.05) is 6.54 Å². The van der Waals surface area contributed by atoms with Gasteiger partial charge in [0.1, 0.15) is 0 Å². The van der Waals surface area contributed by atoms with Gasteiger partial charge in [0.15, 0.2) is 0 Å². The minimum Gasteiger partial charge on any atom is -0.352 e. The number of benzene rings is 1. The molecule has 0 fully saturated rings. The summed E-state index contributed by atoms with van der Waals surface area (Å²) in [6.07, 6.45) is -3.66. The lowest BCUT2D eigenvalue weighted by molar-refractivity contribution is -0.137. The predicted molar refractivity (Wildman–Crippen MR) is 89.2 cm³/mol. The molecule has 0 atom stereocenters. The number of carbonyl (C=O) groups is 2. The van der Waals surface area contributed by atoms with Crippen LogP contribution in [-0.2, 0) is 17.5 Å². The van der Waals surface area contributed by atoms with Gasteiger partial charge in [-0.2, -0.15) is 13.2 Å². The van der Waals surface area contributed by atoms with E-state index in [1.54, 1.807) is 12.1 Å². The van der Waals surface area contributed by atoms with Gasteiger partial charge in [0.2, 0.25) is 5.91 Å². The molecule has 25 heavy (non-hydrogen) atoms. The van der Waals surface area contributed by atoms with Crippen molar-refractivity contribution in [3.63, 3.8) is 0 Å². The molecule has 1 aromatic heterocycles. The summed E-state index contributed by atoms with van der Waals surface area (Å²) in [7, 11) is 0. The van der Waals surface area contributed by atoms with Crippen molar-refractivity contribution in [2.45, 2.75) is 25.6 Å². The first kappa shape index (κ1) is 19.0. The van der Waals surface area contributed by atoms with Crippen molar-refractivity contribution < 1.29 is 22.8 Å². The van der Waals surface area contributed by atoms with E-state index in [0.717, 1.165) is 12.1 Å². The number of rotatable bonds is 7. The third-order valence-electron chi connectivity index (χ3n) is 3.38. The second kappa shape index (κ2) is 8.66. The van der Waals surface area contributed by atoms with E-state index in [2.05, 4.69) is 10.6 Å². The molecule has 0 aliphatic carbocycles. The zero-order valence-corrected chi connectivity index (χ0v) is 14.0. The molecular formula is C17H17F3N2O2S. The summed E-state index contributed by atoms with van der Waals surface area (Å²) in [5.41, 5.74) is -0.128. The van der Waals surface area contributed by atoms with Gasteiger partial charge in [0, 0.05) is 19.5 Å². The lowest BCUT2D eigenvalue weighted by Gasteiger charge is -2.09. The van der Waals surface area contributed by atoms with E-state index in [4.69, 9.17) is 0 Å². The van der Waals surface area contributed by atoms with Gasteiger partial charge in [-0.3, -0.25) is 9.59 Å². The maximum Gasteiger partial charge on any atom is 0.416 e. The smallest absolute Gasteiger partial charge is 0.352 e. The quantitative estimate of drug-likeness (QED) is 0.732. The molecule has 8 heteroatoms. The molecule has 0 aliphatic heterocycles. The Morgan fingerprint density at radius 3 is 2.36 bits per heavy atom. The molecular weight excluding hydrogens is 353 g/mol. The molecule has 2 rings (SSSR count). The summed E-state index contributed by atoms with van der Waals surface area (Å²) < 4.78 is 37.4. The van der Waals surface area contributed by atoms with Crippen molar-refractivity contribution in [1.29, 1.82) is 0 Å². The van der Waals surface area contributed by atoms with Gasteiger partial charge in [0.05, 0.1) is 10.4 Å². The highest BCUT2D eigenvalue weighted by Crippen LogP contribution is 2.29. The number of thiophene rings is 1. The second-order valence-electron chi connectivity index (χ2n) is 5.31. The van der Waals surface area contributed by atoms with Crippen molar-refractivity contribution >= 4 is 23.2 Å². The van der Waals surface area contributed by atoms with Crippen molar-refractivity contribution in [3.8, 4) is 0 Å². The highest BCUT2D eigenvalue weighted by molar-refractivity contribution is 7.12. The molecule has 2 amide bonds. The maximum atomic E-state index is 12.5. The van der Waals surface area contributed by atoms with Crippen molar-refractivity contribution in [2.24, 2.45) is 0 Å². The van der Waals surface area contributed by atoms with Gasteiger partial charge in [-0.15, -0.1) is 11.3 Å². The first-order valence-electron chi connectivity index (χ1n) is 7.61. The highest BCUT2D eigenvalue weighted by atomic mass is 32.1. The molecule has 2 N–H and O–H groups in total. The third-order valence-corrected chi connectivity index (χ3v) is 4.25. The Morgan fingerprint density at radius 1 is 1.04 bits per heavy atom. The summed E-state index contributed by atoms with van der Waals surface area (Å²) in [5, 5.41) is 7.17. The fraction of sp³-hybridized carbons (Fsp3) is 0.294. The van der Waals surface area contributed by atoms with Crippen LogP contribution in [0, 0.1) is 0 Å². The van der Waals surface area contributed by atoms with E-state index in [0.29, 0.717) is 23.4 Å². The number of nitrogens with one attached hydrogen (secondary N) is 2. The number of amides is 2. The number of halogens is 3. The number of hydrogen-bond donors (Lipinski definition) is 2. The Balaban J connectivity index is 1.64. The standard InChI is InChI=1S/C17H17F3N2O2S/c18-17(19,20)13-7-5-12(6-8-13)11-22-15(23)4-1-9-21-16(24)14-3-2-10-25-14/h2-3,5-8,10H,1,4,9,11H2,(H,21,24)(H,22,23). The topological polar surface area (TPSA) is 58.2 Å². The molecule has 1 heterocycles. The average molecular weight is 370 g/mol. The summed E-state index contributed by atoms with van der Waals surface area (Å²) in [6.45, 7) is 0.545.